The summed E-state index contributed by atoms with van der Waals surface area (Å²) in [6, 6.07) is 24.3. The topological polar surface area (TPSA) is 63.2 Å². The monoisotopic (exact) mass is 377 g/mol. The van der Waals surface area contributed by atoms with E-state index in [4.69, 9.17) is 0 Å². The zero-order valence-corrected chi connectivity index (χ0v) is 15.4. The molecule has 1 aliphatic heterocycles. The molecule has 0 saturated heterocycles. The first kappa shape index (κ1) is 17.5. The maximum Gasteiger partial charge on any atom is 0.190 e. The lowest BCUT2D eigenvalue weighted by molar-refractivity contribution is -0.118. The molecule has 5 heteroatoms. The van der Waals surface area contributed by atoms with Crippen LogP contribution in [0.4, 0.5) is 5.69 Å². The molecule has 0 aliphatic carbocycles. The average molecular weight is 377 g/mol. The summed E-state index contributed by atoms with van der Waals surface area (Å²) in [7, 11) is -3.86. The predicted molar refractivity (Wildman–Crippen MR) is 105 cm³/mol. The van der Waals surface area contributed by atoms with Gasteiger partial charge >= 0.3 is 0 Å². The Bertz CT molecular complexity index is 1060. The Labute approximate surface area is 158 Å². The third-order valence-corrected chi connectivity index (χ3v) is 7.01. The molecule has 2 atom stereocenters. The maximum absolute atomic E-state index is 13.4. The lowest BCUT2D eigenvalue weighted by Gasteiger charge is -2.26. The molecule has 1 N–H and O–H groups in total. The summed E-state index contributed by atoms with van der Waals surface area (Å²) in [5.74, 6) is -0.301. The van der Waals surface area contributed by atoms with Crippen molar-refractivity contribution in [3.8, 4) is 0 Å². The number of sulfone groups is 1. The van der Waals surface area contributed by atoms with Crippen LogP contribution in [0, 0.1) is 0 Å². The summed E-state index contributed by atoms with van der Waals surface area (Å²) in [6.07, 6.45) is 0.0865. The van der Waals surface area contributed by atoms with Gasteiger partial charge in [-0.05, 0) is 29.3 Å². The minimum atomic E-state index is -3.86. The van der Waals surface area contributed by atoms with Crippen LogP contribution in [0.25, 0.3) is 0 Å². The number of ketones is 1. The Hall–Kier alpha value is -2.92. The number of hydrogen-bond acceptors (Lipinski definition) is 4. The van der Waals surface area contributed by atoms with Gasteiger partial charge in [-0.25, -0.2) is 8.42 Å². The van der Waals surface area contributed by atoms with Crippen molar-refractivity contribution in [1.29, 1.82) is 0 Å². The number of fused-ring (bicyclic) bond motifs is 1. The lowest BCUT2D eigenvalue weighted by Crippen LogP contribution is -2.39. The molecule has 0 fully saturated rings. The number of carbonyl (C=O) groups excluding carboxylic acids is 1. The van der Waals surface area contributed by atoms with E-state index in [0.717, 1.165) is 16.8 Å². The van der Waals surface area contributed by atoms with E-state index < -0.39 is 21.1 Å². The first-order valence-corrected chi connectivity index (χ1v) is 10.3. The quantitative estimate of drug-likeness (QED) is 0.754. The number of benzene rings is 3. The smallest absolute Gasteiger partial charge is 0.190 e. The summed E-state index contributed by atoms with van der Waals surface area (Å²) in [5.41, 5.74) is 2.38. The highest BCUT2D eigenvalue weighted by molar-refractivity contribution is 7.92. The molecule has 4 rings (SSSR count). The van der Waals surface area contributed by atoms with Crippen molar-refractivity contribution in [2.45, 2.75) is 22.6 Å². The molecular formula is C22H19NO3S. The first-order valence-electron chi connectivity index (χ1n) is 8.78. The largest absolute Gasteiger partial charge is 0.376 e. The third-order valence-electron chi connectivity index (χ3n) is 4.88. The molecule has 3 aromatic carbocycles. The standard InChI is InChI=1S/C22H19NO3S/c24-20-15-17-11-7-8-14-19(17)23-21(16-9-3-1-4-10-16)22(20)27(25,26)18-12-5-2-6-13-18/h1-14,21-23H,15H2/t21-,22-/m0/s1. The van der Waals surface area contributed by atoms with E-state index in [1.54, 1.807) is 30.3 Å². The summed E-state index contributed by atoms with van der Waals surface area (Å²) < 4.78 is 26.8. The second-order valence-corrected chi connectivity index (χ2v) is 8.68. The Balaban J connectivity index is 1.88. The summed E-state index contributed by atoms with van der Waals surface area (Å²) in [4.78, 5) is 13.3. The molecule has 4 nitrogen and oxygen atoms in total. The average Bonchev–Trinajstić information content (AvgIpc) is 2.85. The Morgan fingerprint density at radius 3 is 2.07 bits per heavy atom. The van der Waals surface area contributed by atoms with Gasteiger partial charge in [-0.15, -0.1) is 0 Å². The number of rotatable bonds is 3. The Morgan fingerprint density at radius 1 is 0.778 bits per heavy atom. The van der Waals surface area contributed by atoms with Gasteiger partial charge in [-0.2, -0.15) is 0 Å². The van der Waals surface area contributed by atoms with Crippen molar-refractivity contribution < 1.29 is 13.2 Å². The van der Waals surface area contributed by atoms with Crippen LogP contribution in [0.3, 0.4) is 0 Å². The highest BCUT2D eigenvalue weighted by atomic mass is 32.2. The number of Topliss-reactive ketones (excluding diaryl/α,β-unsaturated/α-hetero) is 1. The number of para-hydroxylation sites is 1. The molecule has 0 aromatic heterocycles. The van der Waals surface area contributed by atoms with Gasteiger partial charge in [0.05, 0.1) is 10.9 Å². The molecule has 0 spiro atoms. The molecule has 0 radical (unpaired) electrons. The predicted octanol–water partition coefficient (Wildman–Crippen LogP) is 3.81. The third kappa shape index (κ3) is 3.26. The number of hydrogen-bond donors (Lipinski definition) is 1. The zero-order valence-electron chi connectivity index (χ0n) is 14.6. The van der Waals surface area contributed by atoms with Gasteiger partial charge in [-0.3, -0.25) is 4.79 Å². The van der Waals surface area contributed by atoms with Crippen LogP contribution in [0.2, 0.25) is 0 Å². The molecule has 0 saturated carbocycles. The first-order chi connectivity index (χ1) is 13.1. The molecule has 3 aromatic rings. The SMILES string of the molecule is O=C1Cc2ccccc2N[C@@H](c2ccccc2)[C@H]1S(=O)(=O)c1ccccc1. The van der Waals surface area contributed by atoms with Crippen LogP contribution in [-0.2, 0) is 21.1 Å². The minimum absolute atomic E-state index is 0.0865. The molecule has 0 bridgehead atoms. The highest BCUT2D eigenvalue weighted by Gasteiger charge is 2.43. The van der Waals surface area contributed by atoms with Crippen LogP contribution in [-0.4, -0.2) is 19.5 Å². The molecule has 0 amide bonds. The van der Waals surface area contributed by atoms with Gasteiger partial charge in [0.2, 0.25) is 0 Å². The summed E-state index contributed by atoms with van der Waals surface area (Å²) in [6.45, 7) is 0. The zero-order chi connectivity index (χ0) is 18.9. The van der Waals surface area contributed by atoms with Crippen molar-refractivity contribution in [3.63, 3.8) is 0 Å². The van der Waals surface area contributed by atoms with Gasteiger partial charge in [0.25, 0.3) is 0 Å². The van der Waals surface area contributed by atoms with Crippen LogP contribution in [0.15, 0.2) is 89.8 Å². The van der Waals surface area contributed by atoms with Crippen LogP contribution < -0.4 is 5.32 Å². The van der Waals surface area contributed by atoms with Gasteiger partial charge in [0, 0.05) is 12.1 Å². The molecule has 1 heterocycles. The summed E-state index contributed by atoms with van der Waals surface area (Å²) in [5, 5.41) is 2.13. The van der Waals surface area contributed by atoms with Gasteiger partial charge in [-0.1, -0.05) is 66.7 Å². The van der Waals surface area contributed by atoms with Crippen molar-refractivity contribution >= 4 is 21.3 Å². The van der Waals surface area contributed by atoms with E-state index in [-0.39, 0.29) is 17.1 Å². The maximum atomic E-state index is 13.4. The minimum Gasteiger partial charge on any atom is -0.376 e. The van der Waals surface area contributed by atoms with Crippen LogP contribution in [0.5, 0.6) is 0 Å². The van der Waals surface area contributed by atoms with E-state index in [2.05, 4.69) is 5.32 Å². The molecule has 136 valence electrons. The van der Waals surface area contributed by atoms with E-state index in [0.29, 0.717) is 0 Å². The molecule has 27 heavy (non-hydrogen) atoms. The number of anilines is 1. The molecule has 0 unspecified atom stereocenters. The van der Waals surface area contributed by atoms with Crippen molar-refractivity contribution in [3.05, 3.63) is 96.1 Å². The normalized spacial score (nSPS) is 19.6. The van der Waals surface area contributed by atoms with Gasteiger partial charge in [0.15, 0.2) is 15.6 Å². The van der Waals surface area contributed by atoms with Crippen LogP contribution in [0.1, 0.15) is 17.2 Å². The van der Waals surface area contributed by atoms with E-state index in [1.165, 1.54) is 0 Å². The van der Waals surface area contributed by atoms with Crippen molar-refractivity contribution in [1.82, 2.24) is 0 Å². The van der Waals surface area contributed by atoms with E-state index >= 15 is 0 Å². The van der Waals surface area contributed by atoms with Crippen molar-refractivity contribution in [2.24, 2.45) is 0 Å². The van der Waals surface area contributed by atoms with Crippen molar-refractivity contribution in [2.75, 3.05) is 5.32 Å². The number of nitrogens with one attached hydrogen (secondary N) is 1. The van der Waals surface area contributed by atoms with Crippen LogP contribution >= 0.6 is 0 Å². The van der Waals surface area contributed by atoms with E-state index in [9.17, 15) is 13.2 Å². The fraction of sp³-hybridized carbons (Fsp3) is 0.136. The van der Waals surface area contributed by atoms with Gasteiger partial charge < -0.3 is 5.32 Å². The molecular weight excluding hydrogens is 358 g/mol. The summed E-state index contributed by atoms with van der Waals surface area (Å²) >= 11 is 0. The second-order valence-electron chi connectivity index (χ2n) is 6.61. The Kier molecular flexibility index (Phi) is 4.54. The highest BCUT2D eigenvalue weighted by Crippen LogP contribution is 2.35. The fourth-order valence-corrected chi connectivity index (χ4v) is 5.40. The lowest BCUT2D eigenvalue weighted by atomic mass is 10.00. The Morgan fingerprint density at radius 2 is 1.37 bits per heavy atom. The molecule has 1 aliphatic rings. The van der Waals surface area contributed by atoms with Gasteiger partial charge in [0.1, 0.15) is 5.25 Å². The fourth-order valence-electron chi connectivity index (χ4n) is 3.56. The second kappa shape index (κ2) is 7.00. The number of carbonyl (C=O) groups is 1. The van der Waals surface area contributed by atoms with E-state index in [1.807, 2.05) is 54.6 Å².